The van der Waals surface area contributed by atoms with E-state index >= 15 is 0 Å². The molecule has 1 saturated heterocycles. The SMILES string of the molecule is O=Cc1c(N2CCCCC2CO)nc2ccccn2c1=O. The van der Waals surface area contributed by atoms with Gasteiger partial charge in [0.05, 0.1) is 12.6 Å². The summed E-state index contributed by atoms with van der Waals surface area (Å²) in [6.07, 6.45) is 4.99. The van der Waals surface area contributed by atoms with Crippen LogP contribution in [0.5, 0.6) is 0 Å². The molecule has 6 heteroatoms. The molecule has 0 saturated carbocycles. The van der Waals surface area contributed by atoms with Crippen molar-refractivity contribution in [3.8, 4) is 0 Å². The van der Waals surface area contributed by atoms with Crippen LogP contribution in [0, 0.1) is 0 Å². The fourth-order valence-corrected chi connectivity index (χ4v) is 2.88. The molecule has 3 heterocycles. The quantitative estimate of drug-likeness (QED) is 0.847. The van der Waals surface area contributed by atoms with Gasteiger partial charge in [0.25, 0.3) is 5.56 Å². The van der Waals surface area contributed by atoms with Gasteiger partial charge in [0.15, 0.2) is 6.29 Å². The third kappa shape index (κ3) is 2.31. The van der Waals surface area contributed by atoms with E-state index in [1.807, 2.05) is 4.90 Å². The number of aliphatic hydroxyl groups excluding tert-OH is 1. The van der Waals surface area contributed by atoms with E-state index < -0.39 is 0 Å². The number of anilines is 1. The Morgan fingerprint density at radius 2 is 2.24 bits per heavy atom. The molecule has 1 unspecified atom stereocenters. The van der Waals surface area contributed by atoms with Gasteiger partial charge in [-0.25, -0.2) is 4.98 Å². The second kappa shape index (κ2) is 5.65. The maximum atomic E-state index is 12.4. The summed E-state index contributed by atoms with van der Waals surface area (Å²) in [6, 6.07) is 5.17. The Morgan fingerprint density at radius 3 is 3.00 bits per heavy atom. The highest BCUT2D eigenvalue weighted by molar-refractivity contribution is 5.83. The third-order valence-electron chi connectivity index (χ3n) is 3.98. The molecule has 3 rings (SSSR count). The molecule has 1 aliphatic heterocycles. The van der Waals surface area contributed by atoms with Gasteiger partial charge in [0, 0.05) is 12.7 Å². The number of carbonyl (C=O) groups excluding carboxylic acids is 1. The minimum absolute atomic E-state index is 0.00582. The predicted molar refractivity (Wildman–Crippen MR) is 78.9 cm³/mol. The zero-order valence-corrected chi connectivity index (χ0v) is 11.6. The molecular formula is C15H17N3O3. The number of nitrogens with zero attached hydrogens (tertiary/aromatic N) is 3. The number of piperidine rings is 1. The van der Waals surface area contributed by atoms with Crippen LogP contribution in [0.3, 0.4) is 0 Å². The van der Waals surface area contributed by atoms with Gasteiger partial charge in [-0.3, -0.25) is 14.0 Å². The Labute approximate surface area is 121 Å². The lowest BCUT2D eigenvalue weighted by atomic mass is 10.0. The van der Waals surface area contributed by atoms with Crippen LogP contribution in [0.2, 0.25) is 0 Å². The number of hydrogen-bond acceptors (Lipinski definition) is 5. The highest BCUT2D eigenvalue weighted by atomic mass is 16.3. The molecule has 0 spiro atoms. The van der Waals surface area contributed by atoms with Crippen molar-refractivity contribution in [3.05, 3.63) is 40.3 Å². The fourth-order valence-electron chi connectivity index (χ4n) is 2.88. The highest BCUT2D eigenvalue weighted by Gasteiger charge is 2.26. The van der Waals surface area contributed by atoms with E-state index in [1.165, 1.54) is 4.40 Å². The molecule has 0 radical (unpaired) electrons. The standard InChI is InChI=1S/C15H17N3O3/c19-9-11-5-1-3-7-17(11)14-12(10-20)15(21)18-8-4-2-6-13(18)16-14/h2,4,6,8,10-11,19H,1,3,5,7,9H2. The fraction of sp³-hybridized carbons (Fsp3) is 0.400. The number of pyridine rings is 1. The summed E-state index contributed by atoms with van der Waals surface area (Å²) in [5, 5.41) is 9.53. The lowest BCUT2D eigenvalue weighted by Crippen LogP contribution is -2.44. The Hall–Kier alpha value is -2.21. The molecular weight excluding hydrogens is 270 g/mol. The normalized spacial score (nSPS) is 18.9. The van der Waals surface area contributed by atoms with Crippen molar-refractivity contribution in [2.45, 2.75) is 25.3 Å². The molecule has 2 aromatic rings. The number of rotatable bonds is 3. The summed E-state index contributed by atoms with van der Waals surface area (Å²) in [4.78, 5) is 30.2. The van der Waals surface area contributed by atoms with Gasteiger partial charge in [-0.05, 0) is 31.4 Å². The molecule has 0 aliphatic carbocycles. The topological polar surface area (TPSA) is 74.9 Å². The minimum atomic E-state index is -0.368. The monoisotopic (exact) mass is 287 g/mol. The number of aromatic nitrogens is 2. The molecule has 0 amide bonds. The molecule has 21 heavy (non-hydrogen) atoms. The molecule has 1 fully saturated rings. The van der Waals surface area contributed by atoms with E-state index in [-0.39, 0.29) is 23.8 Å². The van der Waals surface area contributed by atoms with Gasteiger partial charge in [-0.1, -0.05) is 6.07 Å². The Balaban J connectivity index is 2.21. The molecule has 110 valence electrons. The molecule has 2 aromatic heterocycles. The molecule has 1 N–H and O–H groups in total. The summed E-state index contributed by atoms with van der Waals surface area (Å²) in [5.74, 6) is 0.389. The second-order valence-corrected chi connectivity index (χ2v) is 5.23. The smallest absolute Gasteiger partial charge is 0.270 e. The van der Waals surface area contributed by atoms with Gasteiger partial charge >= 0.3 is 0 Å². The number of fused-ring (bicyclic) bond motifs is 1. The zero-order valence-electron chi connectivity index (χ0n) is 11.6. The summed E-state index contributed by atoms with van der Waals surface area (Å²) in [7, 11) is 0. The van der Waals surface area contributed by atoms with Crippen molar-refractivity contribution in [1.29, 1.82) is 0 Å². The number of aldehydes is 1. The number of aliphatic hydroxyl groups is 1. The third-order valence-corrected chi connectivity index (χ3v) is 3.98. The van der Waals surface area contributed by atoms with E-state index in [9.17, 15) is 14.7 Å². The van der Waals surface area contributed by atoms with Crippen molar-refractivity contribution < 1.29 is 9.90 Å². The van der Waals surface area contributed by atoms with E-state index in [0.29, 0.717) is 24.3 Å². The van der Waals surface area contributed by atoms with Crippen LogP contribution >= 0.6 is 0 Å². The van der Waals surface area contributed by atoms with E-state index in [0.717, 1.165) is 19.3 Å². The van der Waals surface area contributed by atoms with Crippen LogP contribution in [-0.2, 0) is 0 Å². The van der Waals surface area contributed by atoms with Crippen molar-refractivity contribution >= 4 is 17.8 Å². The summed E-state index contributed by atoms with van der Waals surface area (Å²) < 4.78 is 1.37. The Morgan fingerprint density at radius 1 is 1.38 bits per heavy atom. The van der Waals surface area contributed by atoms with Crippen molar-refractivity contribution in [2.24, 2.45) is 0 Å². The maximum Gasteiger partial charge on any atom is 0.270 e. The van der Waals surface area contributed by atoms with Crippen LogP contribution in [-0.4, -0.2) is 40.0 Å². The molecule has 1 aliphatic rings. The zero-order chi connectivity index (χ0) is 14.8. The van der Waals surface area contributed by atoms with Gasteiger partial charge in [-0.15, -0.1) is 0 Å². The van der Waals surface area contributed by atoms with Crippen molar-refractivity contribution in [1.82, 2.24) is 9.38 Å². The van der Waals surface area contributed by atoms with Crippen molar-refractivity contribution in [3.63, 3.8) is 0 Å². The van der Waals surface area contributed by atoms with Gasteiger partial charge in [-0.2, -0.15) is 0 Å². The summed E-state index contributed by atoms with van der Waals surface area (Å²) in [6.45, 7) is 0.690. The Kier molecular flexibility index (Phi) is 3.70. The minimum Gasteiger partial charge on any atom is -0.394 e. The Bertz CT molecular complexity index is 726. The van der Waals surface area contributed by atoms with Crippen molar-refractivity contribution in [2.75, 3.05) is 18.1 Å². The average Bonchev–Trinajstić information content (AvgIpc) is 2.54. The molecule has 1 atom stereocenters. The first kappa shape index (κ1) is 13.8. The van der Waals surface area contributed by atoms with Gasteiger partial charge in [0.1, 0.15) is 17.0 Å². The van der Waals surface area contributed by atoms with Crippen LogP contribution < -0.4 is 10.5 Å². The van der Waals surface area contributed by atoms with Crippen LogP contribution in [0.25, 0.3) is 5.65 Å². The van der Waals surface area contributed by atoms with Gasteiger partial charge in [0.2, 0.25) is 0 Å². The van der Waals surface area contributed by atoms with E-state index in [1.54, 1.807) is 24.4 Å². The first-order valence-corrected chi connectivity index (χ1v) is 7.10. The first-order valence-electron chi connectivity index (χ1n) is 7.10. The summed E-state index contributed by atoms with van der Waals surface area (Å²) >= 11 is 0. The largest absolute Gasteiger partial charge is 0.394 e. The van der Waals surface area contributed by atoms with E-state index in [2.05, 4.69) is 4.98 Å². The van der Waals surface area contributed by atoms with Crippen LogP contribution in [0.1, 0.15) is 29.6 Å². The first-order chi connectivity index (χ1) is 10.3. The highest BCUT2D eigenvalue weighted by Crippen LogP contribution is 2.24. The summed E-state index contributed by atoms with van der Waals surface area (Å²) in [5.41, 5.74) is 0.192. The van der Waals surface area contributed by atoms with E-state index in [4.69, 9.17) is 0 Å². The van der Waals surface area contributed by atoms with Crippen LogP contribution in [0.4, 0.5) is 5.82 Å². The molecule has 6 nitrogen and oxygen atoms in total. The lowest BCUT2D eigenvalue weighted by Gasteiger charge is -2.36. The van der Waals surface area contributed by atoms with Crippen LogP contribution in [0.15, 0.2) is 29.2 Å². The number of hydrogen-bond donors (Lipinski definition) is 1. The molecule has 0 aromatic carbocycles. The average molecular weight is 287 g/mol. The maximum absolute atomic E-state index is 12.4. The molecule has 0 bridgehead atoms. The second-order valence-electron chi connectivity index (χ2n) is 5.23. The lowest BCUT2D eigenvalue weighted by molar-refractivity contribution is 0.112. The predicted octanol–water partition coefficient (Wildman–Crippen LogP) is 0.858. The van der Waals surface area contributed by atoms with Gasteiger partial charge < -0.3 is 10.0 Å². The number of carbonyl (C=O) groups is 1.